The van der Waals surface area contributed by atoms with Gasteiger partial charge in [-0.25, -0.2) is 9.97 Å². The van der Waals surface area contributed by atoms with Gasteiger partial charge in [0.25, 0.3) is 0 Å². The van der Waals surface area contributed by atoms with E-state index in [0.717, 1.165) is 29.7 Å². The Hall–Kier alpha value is -0.720. The van der Waals surface area contributed by atoms with Crippen molar-refractivity contribution in [3.8, 4) is 0 Å². The number of piperidine rings is 1. The topological polar surface area (TPSA) is 52.5 Å². The quantitative estimate of drug-likeness (QED) is 0.906. The molecule has 1 N–H and O–H groups in total. The number of likely N-dealkylation sites (N-methyl/N-ethyl adjacent to an activating group) is 1. The van der Waals surface area contributed by atoms with Crippen molar-refractivity contribution < 1.29 is 5.11 Å². The highest BCUT2D eigenvalue weighted by Gasteiger charge is 2.34. The molecule has 0 aromatic carbocycles. The van der Waals surface area contributed by atoms with Gasteiger partial charge in [0.05, 0.1) is 10.1 Å². The van der Waals surface area contributed by atoms with Crippen LogP contribution in [0.5, 0.6) is 0 Å². The molecular formula is C12H19BrN4O. The van der Waals surface area contributed by atoms with E-state index in [-0.39, 0.29) is 0 Å². The van der Waals surface area contributed by atoms with Gasteiger partial charge >= 0.3 is 0 Å². The molecule has 2 heterocycles. The molecule has 1 aliphatic heterocycles. The van der Waals surface area contributed by atoms with Crippen molar-refractivity contribution in [3.63, 3.8) is 0 Å². The maximum absolute atomic E-state index is 10.6. The van der Waals surface area contributed by atoms with E-state index in [9.17, 15) is 5.11 Å². The van der Waals surface area contributed by atoms with Crippen LogP contribution in [0.3, 0.4) is 0 Å². The third-order valence-corrected chi connectivity index (χ3v) is 3.67. The van der Waals surface area contributed by atoms with Crippen LogP contribution < -0.4 is 4.90 Å². The first-order valence-corrected chi connectivity index (χ1v) is 6.87. The molecule has 0 amide bonds. The summed E-state index contributed by atoms with van der Waals surface area (Å²) in [5.41, 5.74) is -0.661. The van der Waals surface area contributed by atoms with Gasteiger partial charge in [0.1, 0.15) is 12.1 Å². The van der Waals surface area contributed by atoms with Crippen molar-refractivity contribution >= 4 is 21.7 Å². The third kappa shape index (κ3) is 3.18. The van der Waals surface area contributed by atoms with Gasteiger partial charge in [-0.3, -0.25) is 0 Å². The van der Waals surface area contributed by atoms with Gasteiger partial charge in [0, 0.05) is 25.8 Å². The van der Waals surface area contributed by atoms with E-state index in [1.54, 1.807) is 12.5 Å². The lowest BCUT2D eigenvalue weighted by Gasteiger charge is -2.41. The summed E-state index contributed by atoms with van der Waals surface area (Å²) in [4.78, 5) is 12.4. The molecule has 2 rings (SSSR count). The fourth-order valence-electron chi connectivity index (χ4n) is 2.55. The van der Waals surface area contributed by atoms with E-state index >= 15 is 0 Å². The number of β-amino-alcohol motifs (C(OH)–C–C–N with tert-alkyl or cyclic N) is 1. The molecule has 6 heteroatoms. The Balaban J connectivity index is 2.14. The fraction of sp³-hybridized carbons (Fsp3) is 0.667. The van der Waals surface area contributed by atoms with Gasteiger partial charge in [0.2, 0.25) is 0 Å². The van der Waals surface area contributed by atoms with Gasteiger partial charge in [-0.1, -0.05) is 0 Å². The van der Waals surface area contributed by atoms with Crippen molar-refractivity contribution in [1.82, 2.24) is 14.9 Å². The standard InChI is InChI=1S/C12H19BrN4O/c1-16(2)7-12(18)4-3-5-17(8-12)11-10(13)6-14-9-15-11/h6,9,18H,3-5,7-8H2,1-2H3. The second kappa shape index (κ2) is 5.50. The summed E-state index contributed by atoms with van der Waals surface area (Å²) in [5.74, 6) is 0.863. The van der Waals surface area contributed by atoms with Gasteiger partial charge in [-0.15, -0.1) is 0 Å². The van der Waals surface area contributed by atoms with E-state index < -0.39 is 5.60 Å². The number of nitrogens with zero attached hydrogens (tertiary/aromatic N) is 4. The number of hydrogen-bond donors (Lipinski definition) is 1. The van der Waals surface area contributed by atoms with E-state index in [4.69, 9.17) is 0 Å². The molecule has 0 saturated carbocycles. The summed E-state index contributed by atoms with van der Waals surface area (Å²) in [6.45, 7) is 2.21. The van der Waals surface area contributed by atoms with Crippen LogP contribution in [0, 0.1) is 0 Å². The maximum Gasteiger partial charge on any atom is 0.146 e. The largest absolute Gasteiger partial charge is 0.387 e. The zero-order chi connectivity index (χ0) is 13.2. The molecule has 100 valence electrons. The Morgan fingerprint density at radius 2 is 2.33 bits per heavy atom. The normalized spacial score (nSPS) is 24.6. The average Bonchev–Trinajstić information content (AvgIpc) is 2.27. The Morgan fingerprint density at radius 1 is 1.56 bits per heavy atom. The lowest BCUT2D eigenvalue weighted by atomic mass is 9.92. The lowest BCUT2D eigenvalue weighted by Crippen LogP contribution is -2.53. The highest BCUT2D eigenvalue weighted by Crippen LogP contribution is 2.29. The van der Waals surface area contributed by atoms with Crippen LogP contribution in [0.4, 0.5) is 5.82 Å². The maximum atomic E-state index is 10.6. The number of aliphatic hydroxyl groups is 1. The van der Waals surface area contributed by atoms with Gasteiger partial charge < -0.3 is 14.9 Å². The lowest BCUT2D eigenvalue weighted by molar-refractivity contribution is 0.00349. The Kier molecular flexibility index (Phi) is 4.19. The smallest absolute Gasteiger partial charge is 0.146 e. The van der Waals surface area contributed by atoms with Crippen LogP contribution in [0.1, 0.15) is 12.8 Å². The average molecular weight is 315 g/mol. The second-order valence-electron chi connectivity index (χ2n) is 5.18. The Morgan fingerprint density at radius 3 is 3.00 bits per heavy atom. The van der Waals surface area contributed by atoms with Crippen LogP contribution in [-0.2, 0) is 0 Å². The number of aromatic nitrogens is 2. The molecule has 1 saturated heterocycles. The molecule has 0 bridgehead atoms. The molecular weight excluding hydrogens is 296 g/mol. The van der Waals surface area contributed by atoms with E-state index in [1.807, 2.05) is 19.0 Å². The van der Waals surface area contributed by atoms with Gasteiger partial charge in [-0.2, -0.15) is 0 Å². The highest BCUT2D eigenvalue weighted by molar-refractivity contribution is 9.10. The minimum atomic E-state index is -0.661. The van der Waals surface area contributed by atoms with E-state index in [1.165, 1.54) is 0 Å². The molecule has 1 aromatic rings. The molecule has 1 fully saturated rings. The van der Waals surface area contributed by atoms with E-state index in [0.29, 0.717) is 13.1 Å². The van der Waals surface area contributed by atoms with Crippen molar-refractivity contribution in [3.05, 3.63) is 17.0 Å². The first-order valence-electron chi connectivity index (χ1n) is 6.08. The molecule has 1 aliphatic rings. The minimum absolute atomic E-state index is 0.612. The summed E-state index contributed by atoms with van der Waals surface area (Å²) >= 11 is 3.46. The Bertz CT molecular complexity index is 415. The monoisotopic (exact) mass is 314 g/mol. The summed E-state index contributed by atoms with van der Waals surface area (Å²) in [6.07, 6.45) is 5.09. The van der Waals surface area contributed by atoms with Crippen molar-refractivity contribution in [2.24, 2.45) is 0 Å². The van der Waals surface area contributed by atoms with Crippen molar-refractivity contribution in [2.45, 2.75) is 18.4 Å². The second-order valence-corrected chi connectivity index (χ2v) is 6.04. The summed E-state index contributed by atoms with van der Waals surface area (Å²) < 4.78 is 0.874. The molecule has 0 aliphatic carbocycles. The van der Waals surface area contributed by atoms with Crippen molar-refractivity contribution in [1.29, 1.82) is 0 Å². The summed E-state index contributed by atoms with van der Waals surface area (Å²) in [6, 6.07) is 0. The van der Waals surface area contributed by atoms with Crippen LogP contribution in [0.2, 0.25) is 0 Å². The minimum Gasteiger partial charge on any atom is -0.387 e. The fourth-order valence-corrected chi connectivity index (χ4v) is 3.02. The number of halogens is 1. The predicted octanol–water partition coefficient (Wildman–Crippen LogP) is 1.13. The molecule has 1 unspecified atom stereocenters. The van der Waals surface area contributed by atoms with E-state index in [2.05, 4.69) is 30.8 Å². The highest BCUT2D eigenvalue weighted by atomic mass is 79.9. The number of anilines is 1. The van der Waals surface area contributed by atoms with Crippen LogP contribution >= 0.6 is 15.9 Å². The first-order chi connectivity index (χ1) is 8.50. The Labute approximate surface area is 116 Å². The predicted molar refractivity (Wildman–Crippen MR) is 74.7 cm³/mol. The van der Waals surface area contributed by atoms with Gasteiger partial charge in [-0.05, 0) is 42.9 Å². The van der Waals surface area contributed by atoms with Crippen LogP contribution in [0.25, 0.3) is 0 Å². The molecule has 1 aromatic heterocycles. The summed E-state index contributed by atoms with van der Waals surface area (Å²) in [7, 11) is 3.97. The first kappa shape index (κ1) is 13.7. The van der Waals surface area contributed by atoms with Crippen LogP contribution in [-0.4, -0.2) is 59.3 Å². The third-order valence-electron chi connectivity index (χ3n) is 3.11. The molecule has 1 atom stereocenters. The molecule has 0 radical (unpaired) electrons. The number of hydrogen-bond acceptors (Lipinski definition) is 5. The van der Waals surface area contributed by atoms with Gasteiger partial charge in [0.15, 0.2) is 0 Å². The van der Waals surface area contributed by atoms with Crippen molar-refractivity contribution in [2.75, 3.05) is 38.6 Å². The zero-order valence-electron chi connectivity index (χ0n) is 10.8. The number of rotatable bonds is 3. The molecule has 18 heavy (non-hydrogen) atoms. The zero-order valence-corrected chi connectivity index (χ0v) is 12.4. The summed E-state index contributed by atoms with van der Waals surface area (Å²) in [5, 5.41) is 10.6. The molecule has 5 nitrogen and oxygen atoms in total. The SMILES string of the molecule is CN(C)CC1(O)CCCN(c2ncncc2Br)C1. The molecule has 0 spiro atoms. The van der Waals surface area contributed by atoms with Crippen LogP contribution in [0.15, 0.2) is 17.0 Å².